The molecule has 0 aromatic rings. The number of hydrogen-bond acceptors (Lipinski definition) is 4. The Hall–Kier alpha value is -0.310. The molecule has 0 rings (SSSR count). The molecule has 0 aromatic heterocycles. The summed E-state index contributed by atoms with van der Waals surface area (Å²) in [6, 6.07) is 0. The lowest BCUT2D eigenvalue weighted by Gasteiger charge is -2.09. The van der Waals surface area contributed by atoms with Crippen molar-refractivity contribution in [3.8, 4) is 0 Å². The summed E-state index contributed by atoms with van der Waals surface area (Å²) >= 11 is 0. The van der Waals surface area contributed by atoms with Gasteiger partial charge in [-0.25, -0.2) is 4.57 Å². The molecule has 2 atom stereocenters. The summed E-state index contributed by atoms with van der Waals surface area (Å²) in [7, 11) is -0.475. The first-order valence-electron chi connectivity index (χ1n) is 2.80. The Labute approximate surface area is 60.5 Å². The summed E-state index contributed by atoms with van der Waals surface area (Å²) in [5.74, 6) is -0.471. The zero-order valence-electron chi connectivity index (χ0n) is 5.56. The Bertz CT molecular complexity index is 116. The second-order valence-electron chi connectivity index (χ2n) is 1.93. The van der Waals surface area contributed by atoms with Crippen molar-refractivity contribution >= 4 is 15.0 Å². The van der Waals surface area contributed by atoms with E-state index in [9.17, 15) is 9.36 Å². The predicted molar refractivity (Wildman–Crippen MR) is 34.8 cm³/mol. The molecule has 0 bridgehead atoms. The summed E-state index contributed by atoms with van der Waals surface area (Å²) in [4.78, 5) is 10.0. The summed E-state index contributed by atoms with van der Waals surface area (Å²) in [6.07, 6.45) is -0.241. The monoisotopic (exact) mass is 164 g/mol. The van der Waals surface area contributed by atoms with E-state index >= 15 is 0 Å². The standard InChI is InChI=1S/C5H9O4P/c1-4(2-6)5(7)3-9-10-8/h2,4-5,7H,3H2,1H3. The van der Waals surface area contributed by atoms with Crippen molar-refractivity contribution in [1.82, 2.24) is 0 Å². The highest BCUT2D eigenvalue weighted by Gasteiger charge is 2.12. The molecule has 1 N–H and O–H groups in total. The normalized spacial score (nSPS) is 16.6. The van der Waals surface area contributed by atoms with Gasteiger partial charge in [0.05, 0.1) is 12.7 Å². The van der Waals surface area contributed by atoms with Crippen LogP contribution in [0.3, 0.4) is 0 Å². The predicted octanol–water partition coefficient (Wildman–Crippen LogP) is 0.406. The Balaban J connectivity index is 3.49. The molecule has 0 aromatic carbocycles. The number of aliphatic hydroxyl groups is 1. The van der Waals surface area contributed by atoms with Crippen molar-refractivity contribution in [2.45, 2.75) is 13.0 Å². The second kappa shape index (κ2) is 5.47. The van der Waals surface area contributed by atoms with E-state index in [4.69, 9.17) is 5.11 Å². The third kappa shape index (κ3) is 3.67. The maximum atomic E-state index is 10.0. The van der Waals surface area contributed by atoms with Gasteiger partial charge in [0.2, 0.25) is 0 Å². The second-order valence-corrected chi connectivity index (χ2v) is 2.34. The van der Waals surface area contributed by atoms with Gasteiger partial charge in [-0.3, -0.25) is 4.52 Å². The van der Waals surface area contributed by atoms with Crippen molar-refractivity contribution < 1.29 is 19.0 Å². The zero-order valence-corrected chi connectivity index (χ0v) is 6.45. The number of aldehydes is 1. The Morgan fingerprint density at radius 1 is 1.80 bits per heavy atom. The number of aliphatic hydroxyl groups excluding tert-OH is 1. The van der Waals surface area contributed by atoms with E-state index in [1.807, 2.05) is 0 Å². The van der Waals surface area contributed by atoms with E-state index in [0.29, 0.717) is 6.29 Å². The van der Waals surface area contributed by atoms with Crippen LogP contribution in [-0.4, -0.2) is 24.1 Å². The first-order valence-corrected chi connectivity index (χ1v) is 3.53. The molecule has 2 unspecified atom stereocenters. The molecule has 0 aliphatic heterocycles. The van der Waals surface area contributed by atoms with Gasteiger partial charge < -0.3 is 9.90 Å². The van der Waals surface area contributed by atoms with Gasteiger partial charge >= 0.3 is 8.69 Å². The minimum absolute atomic E-state index is 0.0784. The van der Waals surface area contributed by atoms with Gasteiger partial charge in [0.1, 0.15) is 6.29 Å². The zero-order chi connectivity index (χ0) is 7.98. The molecule has 0 saturated heterocycles. The molecule has 0 amide bonds. The largest absolute Gasteiger partial charge is 0.390 e. The molecule has 5 heteroatoms. The number of carbonyl (C=O) groups is 1. The van der Waals surface area contributed by atoms with Gasteiger partial charge in [0.15, 0.2) is 0 Å². The fourth-order valence-electron chi connectivity index (χ4n) is 0.349. The smallest absolute Gasteiger partial charge is 0.327 e. The van der Waals surface area contributed by atoms with Crippen LogP contribution in [-0.2, 0) is 13.9 Å². The number of rotatable bonds is 5. The van der Waals surface area contributed by atoms with Crippen molar-refractivity contribution in [2.24, 2.45) is 5.92 Å². The maximum Gasteiger partial charge on any atom is 0.327 e. The summed E-state index contributed by atoms with van der Waals surface area (Å²) < 4.78 is 14.0. The maximum absolute atomic E-state index is 10.0. The van der Waals surface area contributed by atoms with Crippen molar-refractivity contribution in [3.63, 3.8) is 0 Å². The molecule has 10 heavy (non-hydrogen) atoms. The van der Waals surface area contributed by atoms with Crippen LogP contribution < -0.4 is 0 Å². The third-order valence-corrected chi connectivity index (χ3v) is 1.37. The minimum atomic E-state index is -0.862. The molecule has 0 aliphatic rings. The van der Waals surface area contributed by atoms with E-state index < -0.39 is 20.7 Å². The Morgan fingerprint density at radius 2 is 2.40 bits per heavy atom. The van der Waals surface area contributed by atoms with Gasteiger partial charge in [-0.1, -0.05) is 6.92 Å². The lowest BCUT2D eigenvalue weighted by atomic mass is 10.1. The number of hydrogen-bond donors (Lipinski definition) is 1. The molecule has 0 fully saturated rings. The first-order chi connectivity index (χ1) is 4.72. The van der Waals surface area contributed by atoms with Gasteiger partial charge in [-0.2, -0.15) is 0 Å². The molecule has 0 spiro atoms. The molecular weight excluding hydrogens is 155 g/mol. The highest BCUT2D eigenvalue weighted by molar-refractivity contribution is 7.17. The fourth-order valence-corrected chi connectivity index (χ4v) is 0.563. The van der Waals surface area contributed by atoms with Gasteiger partial charge in [-0.05, 0) is 0 Å². The highest BCUT2D eigenvalue weighted by Crippen LogP contribution is 2.03. The van der Waals surface area contributed by atoms with Crippen LogP contribution in [0.5, 0.6) is 0 Å². The van der Waals surface area contributed by atoms with Crippen molar-refractivity contribution in [3.05, 3.63) is 0 Å². The lowest BCUT2D eigenvalue weighted by molar-refractivity contribution is -0.114. The van der Waals surface area contributed by atoms with Gasteiger partial charge in [-0.15, -0.1) is 0 Å². The van der Waals surface area contributed by atoms with Crippen LogP contribution in [0, 0.1) is 5.92 Å². The SMILES string of the molecule is CC(C=O)C(O)COP=O. The molecule has 0 radical (unpaired) electrons. The van der Waals surface area contributed by atoms with Crippen molar-refractivity contribution in [1.29, 1.82) is 0 Å². The topological polar surface area (TPSA) is 63.6 Å². The van der Waals surface area contributed by atoms with Crippen LogP contribution in [0.1, 0.15) is 6.92 Å². The van der Waals surface area contributed by atoms with Crippen LogP contribution >= 0.6 is 8.69 Å². The molecule has 0 heterocycles. The quantitative estimate of drug-likeness (QED) is 0.472. The average Bonchev–Trinajstić information content (AvgIpc) is 1.98. The molecule has 4 nitrogen and oxygen atoms in total. The number of carbonyl (C=O) groups excluding carboxylic acids is 1. The summed E-state index contributed by atoms with van der Waals surface area (Å²) in [6.45, 7) is 1.48. The van der Waals surface area contributed by atoms with E-state index in [-0.39, 0.29) is 6.61 Å². The van der Waals surface area contributed by atoms with E-state index in [1.165, 1.54) is 0 Å². The van der Waals surface area contributed by atoms with Crippen LogP contribution in [0.25, 0.3) is 0 Å². The van der Waals surface area contributed by atoms with E-state index in [2.05, 4.69) is 4.52 Å². The van der Waals surface area contributed by atoms with Crippen LogP contribution in [0.15, 0.2) is 0 Å². The molecule has 0 saturated carbocycles. The van der Waals surface area contributed by atoms with E-state index in [1.54, 1.807) is 6.92 Å². The third-order valence-electron chi connectivity index (χ3n) is 1.12. The van der Waals surface area contributed by atoms with Gasteiger partial charge in [0, 0.05) is 5.92 Å². The Morgan fingerprint density at radius 3 is 2.80 bits per heavy atom. The Kier molecular flexibility index (Phi) is 5.30. The minimum Gasteiger partial charge on any atom is -0.390 e. The summed E-state index contributed by atoms with van der Waals surface area (Å²) in [5, 5.41) is 8.95. The van der Waals surface area contributed by atoms with E-state index in [0.717, 1.165) is 0 Å². The molecule has 0 aliphatic carbocycles. The van der Waals surface area contributed by atoms with Crippen LogP contribution in [0.4, 0.5) is 0 Å². The first kappa shape index (κ1) is 9.69. The fraction of sp³-hybridized carbons (Fsp3) is 0.800. The molecular formula is C5H9O4P. The summed E-state index contributed by atoms with van der Waals surface area (Å²) in [5.41, 5.74) is 0. The lowest BCUT2D eigenvalue weighted by Crippen LogP contribution is -2.22. The van der Waals surface area contributed by atoms with Crippen molar-refractivity contribution in [2.75, 3.05) is 6.61 Å². The van der Waals surface area contributed by atoms with Crippen LogP contribution in [0.2, 0.25) is 0 Å². The highest BCUT2D eigenvalue weighted by atomic mass is 31.1. The molecule has 58 valence electrons. The average molecular weight is 164 g/mol. The van der Waals surface area contributed by atoms with Gasteiger partial charge in [0.25, 0.3) is 0 Å².